The zero-order valence-corrected chi connectivity index (χ0v) is 18.6. The van der Waals surface area contributed by atoms with Crippen LogP contribution in [0.25, 0.3) is 5.57 Å². The number of benzene rings is 1. The molecule has 1 aromatic heterocycles. The number of hydrogen-bond donors (Lipinski definition) is 2. The van der Waals surface area contributed by atoms with Crippen LogP contribution in [0.2, 0.25) is 0 Å². The fourth-order valence-electron chi connectivity index (χ4n) is 3.73. The molecule has 2 aliphatic rings. The first-order valence-corrected chi connectivity index (χ1v) is 11.5. The van der Waals surface area contributed by atoms with Crippen LogP contribution in [0, 0.1) is 5.92 Å². The highest BCUT2D eigenvalue weighted by atomic mass is 16.5. The van der Waals surface area contributed by atoms with E-state index in [1.54, 1.807) is 6.20 Å². The van der Waals surface area contributed by atoms with Gasteiger partial charge < -0.3 is 15.2 Å². The summed E-state index contributed by atoms with van der Waals surface area (Å²) in [6, 6.07) is 11.3. The van der Waals surface area contributed by atoms with E-state index in [2.05, 4.69) is 21.4 Å². The number of aliphatic carboxylic acids is 1. The van der Waals surface area contributed by atoms with E-state index in [0.717, 1.165) is 41.6 Å². The van der Waals surface area contributed by atoms with E-state index in [9.17, 15) is 9.59 Å². The van der Waals surface area contributed by atoms with Gasteiger partial charge in [-0.3, -0.25) is 14.6 Å². The number of nitrogens with zero attached hydrogens (tertiary/aromatic N) is 2. The molecule has 2 N–H and O–H groups in total. The first-order chi connectivity index (χ1) is 16.1. The normalized spacial score (nSPS) is 17.9. The number of amides is 1. The van der Waals surface area contributed by atoms with E-state index >= 15 is 0 Å². The molecule has 4 rings (SSSR count). The highest BCUT2D eigenvalue weighted by Crippen LogP contribution is 2.28. The van der Waals surface area contributed by atoms with Crippen molar-refractivity contribution >= 4 is 23.3 Å². The SMILES string of the molecule is O=C(O)CCCC/C=C(\c1ccc(C2=N[C@H](C(=O)NCC3CC3)CO2)cc1)c1cccnc1. The van der Waals surface area contributed by atoms with Crippen molar-refractivity contribution in [1.82, 2.24) is 10.3 Å². The molecule has 1 aliphatic heterocycles. The maximum atomic E-state index is 12.3. The highest BCUT2D eigenvalue weighted by Gasteiger charge is 2.28. The van der Waals surface area contributed by atoms with Gasteiger partial charge in [0, 0.05) is 36.5 Å². The summed E-state index contributed by atoms with van der Waals surface area (Å²) < 4.78 is 5.71. The van der Waals surface area contributed by atoms with Crippen molar-refractivity contribution in [2.45, 2.75) is 44.6 Å². The minimum atomic E-state index is -0.762. The number of aromatic nitrogens is 1. The van der Waals surface area contributed by atoms with Gasteiger partial charge >= 0.3 is 5.97 Å². The minimum absolute atomic E-state index is 0.0711. The van der Waals surface area contributed by atoms with Crippen LogP contribution in [0.3, 0.4) is 0 Å². The van der Waals surface area contributed by atoms with Gasteiger partial charge in [0.25, 0.3) is 0 Å². The first kappa shape index (κ1) is 22.7. The lowest BCUT2D eigenvalue weighted by Crippen LogP contribution is -2.35. The topological polar surface area (TPSA) is 101 Å². The lowest BCUT2D eigenvalue weighted by molar-refractivity contribution is -0.137. The Balaban J connectivity index is 1.44. The van der Waals surface area contributed by atoms with Crippen LogP contribution in [-0.2, 0) is 14.3 Å². The summed E-state index contributed by atoms with van der Waals surface area (Å²) in [6.45, 7) is 0.999. The van der Waals surface area contributed by atoms with Gasteiger partial charge in [-0.1, -0.05) is 24.3 Å². The third-order valence-corrected chi connectivity index (χ3v) is 5.82. The first-order valence-electron chi connectivity index (χ1n) is 11.5. The zero-order chi connectivity index (χ0) is 23.0. The molecular formula is C26H29N3O4. The maximum absolute atomic E-state index is 12.3. The van der Waals surface area contributed by atoms with E-state index in [-0.39, 0.29) is 18.9 Å². The van der Waals surface area contributed by atoms with Crippen LogP contribution in [0.5, 0.6) is 0 Å². The summed E-state index contributed by atoms with van der Waals surface area (Å²) in [7, 11) is 0. The minimum Gasteiger partial charge on any atom is -0.481 e. The lowest BCUT2D eigenvalue weighted by Gasteiger charge is -2.10. The van der Waals surface area contributed by atoms with E-state index in [1.165, 1.54) is 12.8 Å². The van der Waals surface area contributed by atoms with Crippen molar-refractivity contribution in [2.24, 2.45) is 10.9 Å². The molecule has 1 fully saturated rings. The quantitative estimate of drug-likeness (QED) is 0.510. The molecule has 0 radical (unpaired) electrons. The smallest absolute Gasteiger partial charge is 0.303 e. The highest BCUT2D eigenvalue weighted by molar-refractivity contribution is 5.98. The number of carboxylic acid groups (broad SMARTS) is 1. The van der Waals surface area contributed by atoms with E-state index in [4.69, 9.17) is 9.84 Å². The van der Waals surface area contributed by atoms with Crippen LogP contribution < -0.4 is 5.32 Å². The number of aliphatic imine (C=N–C) groups is 1. The van der Waals surface area contributed by atoms with Crippen LogP contribution in [0.4, 0.5) is 0 Å². The van der Waals surface area contributed by atoms with Crippen molar-refractivity contribution in [1.29, 1.82) is 0 Å². The number of hydrogen-bond acceptors (Lipinski definition) is 5. The number of allylic oxidation sites excluding steroid dienone is 1. The van der Waals surface area contributed by atoms with Crippen molar-refractivity contribution in [3.63, 3.8) is 0 Å². The summed E-state index contributed by atoms with van der Waals surface area (Å²) in [5, 5.41) is 11.8. The molecule has 0 spiro atoms. The van der Waals surface area contributed by atoms with Crippen LogP contribution >= 0.6 is 0 Å². The molecular weight excluding hydrogens is 418 g/mol. The summed E-state index contributed by atoms with van der Waals surface area (Å²) in [6.07, 6.45) is 10.5. The van der Waals surface area contributed by atoms with Gasteiger partial charge in [-0.2, -0.15) is 0 Å². The van der Waals surface area contributed by atoms with Gasteiger partial charge in [0.2, 0.25) is 11.8 Å². The summed E-state index contributed by atoms with van der Waals surface area (Å²) >= 11 is 0. The Bertz CT molecular complexity index is 1030. The number of unbranched alkanes of at least 4 members (excludes halogenated alkanes) is 2. The molecule has 7 nitrogen and oxygen atoms in total. The second kappa shape index (κ2) is 10.9. The second-order valence-corrected chi connectivity index (χ2v) is 8.53. The number of ether oxygens (including phenoxy) is 1. The number of rotatable bonds is 11. The third kappa shape index (κ3) is 6.51. The van der Waals surface area contributed by atoms with Crippen LogP contribution in [-0.4, -0.2) is 47.1 Å². The van der Waals surface area contributed by atoms with Gasteiger partial charge in [-0.25, -0.2) is 4.99 Å². The monoisotopic (exact) mass is 447 g/mol. The van der Waals surface area contributed by atoms with Crippen LogP contribution in [0.15, 0.2) is 59.9 Å². The van der Waals surface area contributed by atoms with E-state index in [0.29, 0.717) is 18.2 Å². The Morgan fingerprint density at radius 2 is 1.94 bits per heavy atom. The Kier molecular flexibility index (Phi) is 7.50. The number of carboxylic acids is 1. The van der Waals surface area contributed by atoms with Gasteiger partial charge in [0.15, 0.2) is 6.04 Å². The Morgan fingerprint density at radius 1 is 1.12 bits per heavy atom. The van der Waals surface area contributed by atoms with Gasteiger partial charge in [-0.05, 0) is 67.4 Å². The Labute approximate surface area is 193 Å². The predicted molar refractivity (Wildman–Crippen MR) is 126 cm³/mol. The van der Waals surface area contributed by atoms with Gasteiger partial charge in [0.1, 0.15) is 6.61 Å². The average Bonchev–Trinajstić information content (AvgIpc) is 3.54. The molecule has 0 saturated heterocycles. The molecule has 1 atom stereocenters. The van der Waals surface area contributed by atoms with Crippen LogP contribution in [0.1, 0.15) is 55.2 Å². The Morgan fingerprint density at radius 3 is 2.64 bits per heavy atom. The van der Waals surface area contributed by atoms with Gasteiger partial charge in [-0.15, -0.1) is 0 Å². The predicted octanol–water partition coefficient (Wildman–Crippen LogP) is 3.83. The molecule has 0 bridgehead atoms. The van der Waals surface area contributed by atoms with Gasteiger partial charge in [0.05, 0.1) is 0 Å². The number of pyridine rings is 1. The molecule has 1 aliphatic carbocycles. The standard InChI is InChI=1S/C26H29N3O4/c30-24(31)7-3-1-2-6-22(21-5-4-14-27-16-21)19-10-12-20(13-11-19)26-29-23(17-33-26)25(32)28-15-18-8-9-18/h4-6,10-14,16,18,23H,1-3,7-9,15,17H2,(H,28,32)(H,30,31)/b22-6+/t23-/m0/s1. The van der Waals surface area contributed by atoms with Crippen molar-refractivity contribution in [3.8, 4) is 0 Å². The van der Waals surface area contributed by atoms with Crippen molar-refractivity contribution < 1.29 is 19.4 Å². The number of nitrogens with one attached hydrogen (secondary N) is 1. The summed E-state index contributed by atoms with van der Waals surface area (Å²) in [4.78, 5) is 31.8. The molecule has 1 aromatic carbocycles. The summed E-state index contributed by atoms with van der Waals surface area (Å²) in [5.74, 6) is 0.292. The zero-order valence-electron chi connectivity index (χ0n) is 18.6. The molecule has 7 heteroatoms. The van der Waals surface area contributed by atoms with Crippen molar-refractivity contribution in [2.75, 3.05) is 13.2 Å². The lowest BCUT2D eigenvalue weighted by atomic mass is 9.96. The molecule has 1 saturated carbocycles. The maximum Gasteiger partial charge on any atom is 0.303 e. The molecule has 1 amide bonds. The average molecular weight is 448 g/mol. The third-order valence-electron chi connectivity index (χ3n) is 5.82. The summed E-state index contributed by atoms with van der Waals surface area (Å²) in [5.41, 5.74) is 3.92. The largest absolute Gasteiger partial charge is 0.481 e. The number of carbonyl (C=O) groups is 2. The second-order valence-electron chi connectivity index (χ2n) is 8.53. The van der Waals surface area contributed by atoms with E-state index in [1.807, 2.05) is 42.6 Å². The fourth-order valence-corrected chi connectivity index (χ4v) is 3.73. The molecule has 172 valence electrons. The Hall–Kier alpha value is -3.48. The fraction of sp³-hybridized carbons (Fsp3) is 0.385. The molecule has 0 unspecified atom stereocenters. The molecule has 2 aromatic rings. The molecule has 2 heterocycles. The molecule has 33 heavy (non-hydrogen) atoms. The number of carbonyl (C=O) groups excluding carboxylic acids is 1. The van der Waals surface area contributed by atoms with Crippen molar-refractivity contribution in [3.05, 3.63) is 71.6 Å². The van der Waals surface area contributed by atoms with E-state index < -0.39 is 12.0 Å².